The number of nitrogens with one attached hydrogen (secondary N) is 2. The van der Waals surface area contributed by atoms with E-state index >= 15 is 0 Å². The van der Waals surface area contributed by atoms with Gasteiger partial charge in [-0.05, 0) is 69.2 Å². The summed E-state index contributed by atoms with van der Waals surface area (Å²) in [6.07, 6.45) is 0.797. The van der Waals surface area contributed by atoms with Gasteiger partial charge in [0.15, 0.2) is 6.10 Å². The third-order valence-electron chi connectivity index (χ3n) is 5.44. The molecule has 162 valence electrons. The molecule has 0 spiro atoms. The number of anilines is 3. The van der Waals surface area contributed by atoms with E-state index in [1.54, 1.807) is 36.4 Å². The largest absolute Gasteiger partial charge is 0.494 e. The minimum atomic E-state index is -0.993. The molecule has 1 fully saturated rings. The van der Waals surface area contributed by atoms with E-state index in [0.29, 0.717) is 23.7 Å². The van der Waals surface area contributed by atoms with Crippen LogP contribution in [0.3, 0.4) is 0 Å². The highest BCUT2D eigenvalue weighted by molar-refractivity contribution is 6.05. The lowest BCUT2D eigenvalue weighted by atomic mass is 10.1. The van der Waals surface area contributed by atoms with Crippen LogP contribution in [0, 0.1) is 0 Å². The van der Waals surface area contributed by atoms with Gasteiger partial charge < -0.3 is 25.0 Å². The van der Waals surface area contributed by atoms with Crippen LogP contribution in [0.5, 0.6) is 5.75 Å². The number of amides is 2. The molecule has 2 aliphatic heterocycles. The lowest BCUT2D eigenvalue weighted by Crippen LogP contribution is -2.43. The van der Waals surface area contributed by atoms with Crippen molar-refractivity contribution in [3.8, 4) is 5.75 Å². The van der Waals surface area contributed by atoms with Gasteiger partial charge in [-0.2, -0.15) is 0 Å². The van der Waals surface area contributed by atoms with Gasteiger partial charge in [-0.3, -0.25) is 9.59 Å². The number of esters is 1. The van der Waals surface area contributed by atoms with Crippen molar-refractivity contribution < 1.29 is 23.9 Å². The third kappa shape index (κ3) is 4.33. The number of fused-ring (bicyclic) bond motifs is 3. The highest BCUT2D eigenvalue weighted by atomic mass is 16.5. The second-order valence-corrected chi connectivity index (χ2v) is 7.57. The van der Waals surface area contributed by atoms with E-state index in [2.05, 4.69) is 15.5 Å². The molecular formula is C23H25N3O5. The monoisotopic (exact) mass is 423 g/mol. The Kier molecular flexibility index (Phi) is 5.79. The molecule has 0 unspecified atom stereocenters. The molecule has 2 aliphatic rings. The summed E-state index contributed by atoms with van der Waals surface area (Å²) < 4.78 is 10.7. The zero-order valence-corrected chi connectivity index (χ0v) is 17.5. The molecule has 4 rings (SSSR count). The first-order valence-electron chi connectivity index (χ1n) is 10.4. The van der Waals surface area contributed by atoms with E-state index in [4.69, 9.17) is 9.47 Å². The maximum atomic E-state index is 12.6. The maximum Gasteiger partial charge on any atom is 0.338 e. The second-order valence-electron chi connectivity index (χ2n) is 7.57. The summed E-state index contributed by atoms with van der Waals surface area (Å²) in [4.78, 5) is 39.3. The number of carbonyl (C=O) groups is 3. The zero-order valence-electron chi connectivity index (χ0n) is 17.5. The Hall–Kier alpha value is -3.55. The molecule has 1 saturated heterocycles. The van der Waals surface area contributed by atoms with E-state index in [9.17, 15) is 14.4 Å². The van der Waals surface area contributed by atoms with Gasteiger partial charge in [-0.15, -0.1) is 0 Å². The predicted octanol–water partition coefficient (Wildman–Crippen LogP) is 3.19. The molecular weight excluding hydrogens is 398 g/mol. The lowest BCUT2D eigenvalue weighted by Gasteiger charge is -2.33. The highest BCUT2D eigenvalue weighted by Crippen LogP contribution is 2.37. The summed E-state index contributed by atoms with van der Waals surface area (Å²) in [6.45, 7) is 4.78. The molecule has 8 nitrogen and oxygen atoms in total. The minimum Gasteiger partial charge on any atom is -0.494 e. The van der Waals surface area contributed by atoms with Crippen LogP contribution in [-0.2, 0) is 14.3 Å². The van der Waals surface area contributed by atoms with Gasteiger partial charge >= 0.3 is 5.97 Å². The fourth-order valence-corrected chi connectivity index (χ4v) is 3.88. The van der Waals surface area contributed by atoms with Gasteiger partial charge in [0.25, 0.3) is 5.91 Å². The van der Waals surface area contributed by atoms with Crippen molar-refractivity contribution in [3.05, 3.63) is 48.0 Å². The van der Waals surface area contributed by atoms with E-state index in [1.807, 2.05) is 13.0 Å². The minimum absolute atomic E-state index is 0.0568. The van der Waals surface area contributed by atoms with Crippen LogP contribution in [0.4, 0.5) is 17.1 Å². The van der Waals surface area contributed by atoms with E-state index in [1.165, 1.54) is 6.92 Å². The summed E-state index contributed by atoms with van der Waals surface area (Å²) in [5, 5.41) is 5.58. The maximum absolute atomic E-state index is 12.6. The van der Waals surface area contributed by atoms with Crippen LogP contribution in [0.15, 0.2) is 42.5 Å². The molecule has 0 saturated carbocycles. The second kappa shape index (κ2) is 8.67. The van der Waals surface area contributed by atoms with E-state index < -0.39 is 18.0 Å². The standard InChI is InChI=1S/C23H25N3O5/c1-3-30-17-9-7-16(8-10-17)24-21(27)14(2)31-23(29)15-6-11-19-18(13-15)25-22(28)20-5-4-12-26(19)20/h6-11,13-14,20H,3-5,12H2,1-2H3,(H,24,27)(H,25,28)/t14-,20-/m0/s1. The van der Waals surface area contributed by atoms with Crippen molar-refractivity contribution in [2.45, 2.75) is 38.8 Å². The Morgan fingerprint density at radius 1 is 1.23 bits per heavy atom. The molecule has 8 heteroatoms. The van der Waals surface area contributed by atoms with Crippen molar-refractivity contribution in [3.63, 3.8) is 0 Å². The smallest absolute Gasteiger partial charge is 0.338 e. The van der Waals surface area contributed by atoms with Gasteiger partial charge in [-0.25, -0.2) is 4.79 Å². The summed E-state index contributed by atoms with van der Waals surface area (Å²) in [7, 11) is 0. The Bertz CT molecular complexity index is 1000. The van der Waals surface area contributed by atoms with E-state index in [-0.39, 0.29) is 17.5 Å². The highest BCUT2D eigenvalue weighted by Gasteiger charge is 2.36. The molecule has 0 aromatic heterocycles. The number of ether oxygens (including phenoxy) is 2. The fourth-order valence-electron chi connectivity index (χ4n) is 3.88. The summed E-state index contributed by atoms with van der Waals surface area (Å²) in [5.41, 5.74) is 2.34. The van der Waals surface area contributed by atoms with Crippen molar-refractivity contribution in [1.29, 1.82) is 0 Å². The van der Waals surface area contributed by atoms with Gasteiger partial charge in [-0.1, -0.05) is 0 Å². The molecule has 2 amide bonds. The summed E-state index contributed by atoms with van der Waals surface area (Å²) in [5.74, 6) is -0.419. The third-order valence-corrected chi connectivity index (χ3v) is 5.44. The lowest BCUT2D eigenvalue weighted by molar-refractivity contribution is -0.123. The Balaban J connectivity index is 1.39. The molecule has 2 heterocycles. The van der Waals surface area contributed by atoms with Gasteiger partial charge in [0.1, 0.15) is 11.8 Å². The van der Waals surface area contributed by atoms with Crippen LogP contribution in [-0.4, -0.2) is 43.1 Å². The number of benzene rings is 2. The number of hydrogen-bond donors (Lipinski definition) is 2. The topological polar surface area (TPSA) is 97.0 Å². The number of rotatable bonds is 6. The van der Waals surface area contributed by atoms with Crippen molar-refractivity contribution in [1.82, 2.24) is 0 Å². The fraction of sp³-hybridized carbons (Fsp3) is 0.348. The van der Waals surface area contributed by atoms with Crippen molar-refractivity contribution in [2.24, 2.45) is 0 Å². The Morgan fingerprint density at radius 3 is 2.74 bits per heavy atom. The van der Waals surface area contributed by atoms with Crippen LogP contribution in [0.25, 0.3) is 0 Å². The molecule has 0 radical (unpaired) electrons. The predicted molar refractivity (Wildman–Crippen MR) is 117 cm³/mol. The SMILES string of the molecule is CCOc1ccc(NC(=O)[C@H](C)OC(=O)c2ccc3c(c2)NC(=O)[C@@H]2CCCN32)cc1. The van der Waals surface area contributed by atoms with Crippen molar-refractivity contribution in [2.75, 3.05) is 28.7 Å². The molecule has 2 atom stereocenters. The average Bonchev–Trinajstić information content (AvgIpc) is 3.26. The van der Waals surface area contributed by atoms with Crippen LogP contribution < -0.4 is 20.3 Å². The first kappa shape index (κ1) is 20.7. The Morgan fingerprint density at radius 2 is 2.00 bits per heavy atom. The first-order valence-corrected chi connectivity index (χ1v) is 10.4. The van der Waals surface area contributed by atoms with Crippen molar-refractivity contribution >= 4 is 34.8 Å². The summed E-state index contributed by atoms with van der Waals surface area (Å²) >= 11 is 0. The molecule has 2 aromatic carbocycles. The van der Waals surface area contributed by atoms with E-state index in [0.717, 1.165) is 25.1 Å². The van der Waals surface area contributed by atoms with Crippen LogP contribution >= 0.6 is 0 Å². The first-order chi connectivity index (χ1) is 15.0. The average molecular weight is 423 g/mol. The van der Waals surface area contributed by atoms with Gasteiger partial charge in [0.05, 0.1) is 23.5 Å². The van der Waals surface area contributed by atoms with Gasteiger partial charge in [0, 0.05) is 12.2 Å². The van der Waals surface area contributed by atoms with Crippen LogP contribution in [0.1, 0.15) is 37.0 Å². The zero-order chi connectivity index (χ0) is 22.0. The molecule has 0 aliphatic carbocycles. The van der Waals surface area contributed by atoms with Crippen LogP contribution in [0.2, 0.25) is 0 Å². The molecule has 2 aromatic rings. The Labute approximate surface area is 180 Å². The number of hydrogen-bond acceptors (Lipinski definition) is 6. The number of carbonyl (C=O) groups excluding carboxylic acids is 3. The van der Waals surface area contributed by atoms with Gasteiger partial charge in [0.2, 0.25) is 5.91 Å². The normalized spacial score (nSPS) is 17.8. The molecule has 31 heavy (non-hydrogen) atoms. The molecule has 2 N–H and O–H groups in total. The molecule has 0 bridgehead atoms. The number of nitrogens with zero attached hydrogens (tertiary/aromatic N) is 1. The summed E-state index contributed by atoms with van der Waals surface area (Å²) in [6, 6.07) is 11.9. The quantitative estimate of drug-likeness (QED) is 0.693.